The second-order valence-electron chi connectivity index (χ2n) is 8.22. The van der Waals surface area contributed by atoms with Gasteiger partial charge in [0.05, 0.1) is 28.0 Å². The lowest BCUT2D eigenvalue weighted by Crippen LogP contribution is -2.29. The molecular weight excluding hydrogens is 539 g/mol. The number of sulfonamides is 1. The molecule has 4 aromatic rings. The first-order valence-corrected chi connectivity index (χ1v) is 13.9. The number of rotatable bonds is 6. The Morgan fingerprint density at radius 2 is 1.81 bits per heavy atom. The molecule has 0 aliphatic carbocycles. The van der Waals surface area contributed by atoms with Gasteiger partial charge in [0, 0.05) is 23.1 Å². The average molecular weight is 560 g/mol. The molecule has 2 aromatic carbocycles. The van der Waals surface area contributed by atoms with E-state index in [1.165, 1.54) is 0 Å². The van der Waals surface area contributed by atoms with E-state index in [0.29, 0.717) is 37.9 Å². The Labute approximate surface area is 224 Å². The van der Waals surface area contributed by atoms with Crippen molar-refractivity contribution in [1.82, 2.24) is 10.3 Å². The highest BCUT2D eigenvalue weighted by Crippen LogP contribution is 2.44. The predicted molar refractivity (Wildman–Crippen MR) is 147 cm³/mol. The van der Waals surface area contributed by atoms with E-state index >= 15 is 0 Å². The molecule has 5 rings (SSSR count). The number of furan rings is 1. The molecule has 3 heterocycles. The van der Waals surface area contributed by atoms with Gasteiger partial charge in [0.25, 0.3) is 0 Å². The normalized spacial score (nSPS) is 17.8. The van der Waals surface area contributed by atoms with E-state index in [1.54, 1.807) is 36.5 Å². The Bertz CT molecular complexity index is 1530. The minimum atomic E-state index is -3.39. The van der Waals surface area contributed by atoms with Crippen LogP contribution in [-0.4, -0.2) is 24.8 Å². The van der Waals surface area contributed by atoms with Gasteiger partial charge in [-0.1, -0.05) is 35.3 Å². The first-order chi connectivity index (χ1) is 17.2. The number of benzene rings is 2. The summed E-state index contributed by atoms with van der Waals surface area (Å²) in [5.41, 5.74) is 2.68. The number of thiocarbonyl (C=S) groups is 1. The van der Waals surface area contributed by atoms with E-state index < -0.39 is 10.0 Å². The number of hydrogen-bond donors (Lipinski definition) is 2. The van der Waals surface area contributed by atoms with Crippen molar-refractivity contribution >= 4 is 61.9 Å². The number of halogens is 2. The summed E-state index contributed by atoms with van der Waals surface area (Å²) in [6, 6.07) is 21.1. The highest BCUT2D eigenvalue weighted by atomic mass is 35.5. The van der Waals surface area contributed by atoms with Crippen molar-refractivity contribution in [2.75, 3.05) is 15.9 Å². The Kier molecular flexibility index (Phi) is 6.65. The van der Waals surface area contributed by atoms with Gasteiger partial charge in [0.1, 0.15) is 17.6 Å². The SMILES string of the molecule is CS(=O)(=O)Nc1ccc(N2C(=S)N[C@@H](c3ccccn3)[C@@H]2c2ccc(-c3cccc(Cl)c3Cl)o2)cc1. The van der Waals surface area contributed by atoms with E-state index in [-0.39, 0.29) is 12.1 Å². The van der Waals surface area contributed by atoms with Gasteiger partial charge in [-0.05, 0) is 72.9 Å². The van der Waals surface area contributed by atoms with Crippen LogP contribution >= 0.6 is 35.4 Å². The minimum Gasteiger partial charge on any atom is -0.459 e. The quantitative estimate of drug-likeness (QED) is 0.272. The van der Waals surface area contributed by atoms with Crippen molar-refractivity contribution in [1.29, 1.82) is 0 Å². The number of anilines is 2. The van der Waals surface area contributed by atoms with Gasteiger partial charge in [0.15, 0.2) is 5.11 Å². The van der Waals surface area contributed by atoms with E-state index in [4.69, 9.17) is 39.8 Å². The summed E-state index contributed by atoms with van der Waals surface area (Å²) in [6.45, 7) is 0. The van der Waals surface area contributed by atoms with Crippen LogP contribution in [-0.2, 0) is 10.0 Å². The second kappa shape index (κ2) is 9.74. The van der Waals surface area contributed by atoms with E-state index in [9.17, 15) is 8.42 Å². The van der Waals surface area contributed by atoms with Crippen LogP contribution < -0.4 is 14.9 Å². The third-order valence-electron chi connectivity index (χ3n) is 5.68. The standard InChI is InChI=1S/C25H20Cl2N4O3S2/c1-36(32,33)30-15-8-10-16(11-9-15)31-24(23(29-25(31)35)19-7-2-3-14-28-19)21-13-12-20(34-21)17-5-4-6-18(26)22(17)27/h2-14,23-24,30H,1H3,(H,29,35)/t23-,24-/m0/s1. The Morgan fingerprint density at radius 3 is 2.50 bits per heavy atom. The number of nitrogens with one attached hydrogen (secondary N) is 2. The van der Waals surface area contributed by atoms with Gasteiger partial charge in [-0.2, -0.15) is 0 Å². The van der Waals surface area contributed by atoms with Crippen LogP contribution in [0.25, 0.3) is 11.3 Å². The maximum Gasteiger partial charge on any atom is 0.229 e. The molecule has 1 saturated heterocycles. The molecule has 2 N–H and O–H groups in total. The zero-order chi connectivity index (χ0) is 25.4. The van der Waals surface area contributed by atoms with Crippen molar-refractivity contribution in [2.45, 2.75) is 12.1 Å². The summed E-state index contributed by atoms with van der Waals surface area (Å²) in [5.74, 6) is 1.21. The van der Waals surface area contributed by atoms with Crippen molar-refractivity contribution in [3.05, 3.63) is 100 Å². The Balaban J connectivity index is 1.57. The molecular formula is C25H20Cl2N4O3S2. The summed E-state index contributed by atoms with van der Waals surface area (Å²) in [4.78, 5) is 6.47. The fraction of sp³-hybridized carbons (Fsp3) is 0.120. The maximum absolute atomic E-state index is 11.6. The van der Waals surface area contributed by atoms with Gasteiger partial charge >= 0.3 is 0 Å². The van der Waals surface area contributed by atoms with E-state index in [1.807, 2.05) is 47.4 Å². The molecule has 2 aromatic heterocycles. The van der Waals surface area contributed by atoms with Crippen LogP contribution in [0, 0.1) is 0 Å². The fourth-order valence-electron chi connectivity index (χ4n) is 4.18. The molecule has 0 amide bonds. The third-order valence-corrected chi connectivity index (χ3v) is 7.42. The smallest absolute Gasteiger partial charge is 0.229 e. The molecule has 0 spiro atoms. The largest absolute Gasteiger partial charge is 0.459 e. The fourth-order valence-corrected chi connectivity index (χ4v) is 5.48. The number of aromatic nitrogens is 1. The lowest BCUT2D eigenvalue weighted by molar-refractivity contribution is 0.439. The molecule has 2 atom stereocenters. The molecule has 184 valence electrons. The average Bonchev–Trinajstić information content (AvgIpc) is 3.45. The summed E-state index contributed by atoms with van der Waals surface area (Å²) in [6.07, 6.45) is 2.83. The highest BCUT2D eigenvalue weighted by molar-refractivity contribution is 7.92. The van der Waals surface area contributed by atoms with Gasteiger partial charge in [-0.15, -0.1) is 0 Å². The monoisotopic (exact) mass is 558 g/mol. The van der Waals surface area contributed by atoms with Gasteiger partial charge in [0.2, 0.25) is 10.0 Å². The predicted octanol–water partition coefficient (Wildman–Crippen LogP) is 6.20. The molecule has 7 nitrogen and oxygen atoms in total. The summed E-state index contributed by atoms with van der Waals surface area (Å²) in [7, 11) is -3.39. The molecule has 0 radical (unpaired) electrons. The van der Waals surface area contributed by atoms with Crippen molar-refractivity contribution in [2.24, 2.45) is 0 Å². The molecule has 0 unspecified atom stereocenters. The van der Waals surface area contributed by atoms with Crippen molar-refractivity contribution in [3.63, 3.8) is 0 Å². The van der Waals surface area contributed by atoms with Crippen LogP contribution in [0.15, 0.2) is 83.4 Å². The first kappa shape index (κ1) is 24.6. The Hall–Kier alpha value is -3.11. The lowest BCUT2D eigenvalue weighted by Gasteiger charge is -2.26. The molecule has 0 saturated carbocycles. The highest BCUT2D eigenvalue weighted by Gasteiger charge is 2.42. The Morgan fingerprint density at radius 1 is 1.03 bits per heavy atom. The molecule has 1 aliphatic rings. The summed E-state index contributed by atoms with van der Waals surface area (Å²) in [5, 5.41) is 4.70. The van der Waals surface area contributed by atoms with Gasteiger partial charge in [-0.3, -0.25) is 9.71 Å². The molecule has 36 heavy (non-hydrogen) atoms. The van der Waals surface area contributed by atoms with Crippen LogP contribution in [0.3, 0.4) is 0 Å². The van der Waals surface area contributed by atoms with E-state index in [2.05, 4.69) is 15.0 Å². The minimum absolute atomic E-state index is 0.304. The topological polar surface area (TPSA) is 87.5 Å². The van der Waals surface area contributed by atoms with Crippen molar-refractivity contribution < 1.29 is 12.8 Å². The van der Waals surface area contributed by atoms with Gasteiger partial charge < -0.3 is 14.6 Å². The van der Waals surface area contributed by atoms with Crippen LogP contribution in [0.1, 0.15) is 23.5 Å². The summed E-state index contributed by atoms with van der Waals surface area (Å²) >= 11 is 18.4. The molecule has 1 aliphatic heterocycles. The molecule has 11 heteroatoms. The second-order valence-corrected chi connectivity index (χ2v) is 11.1. The van der Waals surface area contributed by atoms with Crippen LogP contribution in [0.2, 0.25) is 10.0 Å². The molecule has 0 bridgehead atoms. The maximum atomic E-state index is 11.6. The summed E-state index contributed by atoms with van der Waals surface area (Å²) < 4.78 is 32.0. The van der Waals surface area contributed by atoms with E-state index in [0.717, 1.165) is 17.6 Å². The van der Waals surface area contributed by atoms with Crippen LogP contribution in [0.5, 0.6) is 0 Å². The number of hydrogen-bond acceptors (Lipinski definition) is 5. The third kappa shape index (κ3) is 4.92. The number of pyridine rings is 1. The molecule has 1 fully saturated rings. The van der Waals surface area contributed by atoms with Gasteiger partial charge in [-0.25, -0.2) is 8.42 Å². The lowest BCUT2D eigenvalue weighted by atomic mass is 10.0. The first-order valence-electron chi connectivity index (χ1n) is 10.8. The van der Waals surface area contributed by atoms with Crippen molar-refractivity contribution in [3.8, 4) is 11.3 Å². The van der Waals surface area contributed by atoms with Crippen LogP contribution in [0.4, 0.5) is 11.4 Å². The zero-order valence-corrected chi connectivity index (χ0v) is 22.0. The number of nitrogens with zero attached hydrogens (tertiary/aromatic N) is 2. The zero-order valence-electron chi connectivity index (χ0n) is 18.9.